The molecule has 1 fully saturated rings. The fraction of sp³-hybridized carbons (Fsp3) is 0.750. The van der Waals surface area contributed by atoms with Crippen molar-refractivity contribution in [3.63, 3.8) is 0 Å². The molecule has 1 aliphatic rings. The number of urea groups is 1. The van der Waals surface area contributed by atoms with Gasteiger partial charge in [-0.25, -0.2) is 4.79 Å². The summed E-state index contributed by atoms with van der Waals surface area (Å²) in [4.78, 5) is 36.8. The summed E-state index contributed by atoms with van der Waals surface area (Å²) in [5.41, 5.74) is 0.454. The van der Waals surface area contributed by atoms with Gasteiger partial charge in [-0.15, -0.1) is 0 Å². The third-order valence-electron chi connectivity index (χ3n) is 7.56. The molecule has 0 saturated carbocycles. The number of ether oxygens (including phenoxy) is 1. The summed E-state index contributed by atoms with van der Waals surface area (Å²) in [6.45, 7) is 6.75. The molecule has 1 saturated heterocycles. The van der Waals surface area contributed by atoms with Crippen LogP contribution in [-0.2, 0) is 14.3 Å². The van der Waals surface area contributed by atoms with Gasteiger partial charge < -0.3 is 10.1 Å². The molecule has 1 heterocycles. The number of hydrogen-bond acceptors (Lipinski definition) is 4. The number of imide groups is 1. The Morgan fingerprint density at radius 1 is 0.738 bits per heavy atom. The average Bonchev–Trinajstić information content (AvgIpc) is 2.96. The van der Waals surface area contributed by atoms with Gasteiger partial charge in [0.05, 0.1) is 13.0 Å². The number of nitrogens with zero attached hydrogens (tertiary/aromatic N) is 1. The van der Waals surface area contributed by atoms with Crippen LogP contribution < -0.4 is 5.32 Å². The quantitative estimate of drug-likeness (QED) is 0.0662. The third kappa shape index (κ3) is 21.9. The summed E-state index contributed by atoms with van der Waals surface area (Å²) in [5.74, 6) is 12.1. The van der Waals surface area contributed by atoms with Crippen LogP contribution in [0.3, 0.4) is 0 Å². The van der Waals surface area contributed by atoms with E-state index in [1.807, 2.05) is 0 Å². The fourth-order valence-electron chi connectivity index (χ4n) is 4.97. The molecule has 0 unspecified atom stereocenters. The molecule has 6 nitrogen and oxygen atoms in total. The normalized spacial score (nSPS) is 12.8. The van der Waals surface area contributed by atoms with Gasteiger partial charge >= 0.3 is 12.0 Å². The zero-order chi connectivity index (χ0) is 30.5. The second kappa shape index (κ2) is 27.1. The van der Waals surface area contributed by atoms with Crippen LogP contribution in [0, 0.1) is 23.7 Å². The number of amides is 3. The molecule has 1 rings (SSSR count). The minimum Gasteiger partial charge on any atom is -0.466 e. The molecule has 6 heteroatoms. The molecule has 3 amide bonds. The van der Waals surface area contributed by atoms with E-state index in [-0.39, 0.29) is 24.3 Å². The second-order valence-electron chi connectivity index (χ2n) is 11.5. The van der Waals surface area contributed by atoms with Gasteiger partial charge in [0.1, 0.15) is 0 Å². The van der Waals surface area contributed by atoms with Crippen molar-refractivity contribution in [1.82, 2.24) is 10.2 Å². The first-order valence-corrected chi connectivity index (χ1v) is 16.9. The molecule has 1 aliphatic heterocycles. The Hall–Kier alpha value is -2.73. The van der Waals surface area contributed by atoms with E-state index < -0.39 is 0 Å². The molecule has 0 aromatic heterocycles. The lowest BCUT2D eigenvalue weighted by molar-refractivity contribution is -0.144. The highest BCUT2D eigenvalue weighted by Gasteiger charge is 2.26. The van der Waals surface area contributed by atoms with Crippen molar-refractivity contribution in [3.8, 4) is 23.7 Å². The van der Waals surface area contributed by atoms with E-state index in [1.54, 1.807) is 0 Å². The average molecular weight is 583 g/mol. The Labute approximate surface area is 257 Å². The zero-order valence-corrected chi connectivity index (χ0v) is 26.7. The first-order valence-electron chi connectivity index (χ1n) is 16.9. The van der Waals surface area contributed by atoms with E-state index in [2.05, 4.69) is 42.5 Å². The highest BCUT2D eigenvalue weighted by Crippen LogP contribution is 2.13. The Morgan fingerprint density at radius 3 is 1.81 bits per heavy atom. The fourth-order valence-corrected chi connectivity index (χ4v) is 4.97. The van der Waals surface area contributed by atoms with Crippen molar-refractivity contribution in [2.24, 2.45) is 0 Å². The topological polar surface area (TPSA) is 75.7 Å². The van der Waals surface area contributed by atoms with Gasteiger partial charge in [0.25, 0.3) is 0 Å². The molecular weight excluding hydrogens is 524 g/mol. The SMILES string of the molecule is C=C1CC(=O)N(CCCCCCOC(=O)CCCCCCCCC#CC#CCCCCCCCCCCCC)C(=O)N1. The lowest BCUT2D eigenvalue weighted by Crippen LogP contribution is -2.48. The molecule has 0 atom stereocenters. The maximum Gasteiger partial charge on any atom is 0.328 e. The summed E-state index contributed by atoms with van der Waals surface area (Å²) >= 11 is 0. The Balaban J connectivity index is 1.82. The number of nitrogens with one attached hydrogen (secondary N) is 1. The van der Waals surface area contributed by atoms with Gasteiger partial charge in [-0.2, -0.15) is 0 Å². The Bertz CT molecular complexity index is 870. The van der Waals surface area contributed by atoms with Gasteiger partial charge in [0.2, 0.25) is 5.91 Å². The van der Waals surface area contributed by atoms with Crippen LogP contribution in [0.15, 0.2) is 12.3 Å². The Kier molecular flexibility index (Phi) is 24.1. The standard InChI is InChI=1S/C36H58N2O4/c1-3-4-5-6-7-8-9-10-11-12-13-14-15-16-17-18-19-20-21-22-23-26-29-35(40)42-31-28-25-24-27-30-38-34(39)32-33(2)37-36(38)41/h2-13,18-32H2,1H3,(H,37,41). The van der Waals surface area contributed by atoms with Crippen LogP contribution in [0.4, 0.5) is 4.79 Å². The van der Waals surface area contributed by atoms with Crippen molar-refractivity contribution in [2.45, 2.75) is 161 Å². The molecule has 1 N–H and O–H groups in total. The molecule has 0 aliphatic carbocycles. The van der Waals surface area contributed by atoms with Crippen LogP contribution >= 0.6 is 0 Å². The highest BCUT2D eigenvalue weighted by molar-refractivity contribution is 5.99. The molecule has 236 valence electrons. The van der Waals surface area contributed by atoms with Crippen LogP contribution in [0.25, 0.3) is 0 Å². The lowest BCUT2D eigenvalue weighted by Gasteiger charge is -2.26. The minimum atomic E-state index is -0.384. The van der Waals surface area contributed by atoms with E-state index in [1.165, 1.54) is 81.9 Å². The van der Waals surface area contributed by atoms with Gasteiger partial charge in [0, 0.05) is 31.5 Å². The van der Waals surface area contributed by atoms with E-state index in [0.29, 0.717) is 25.3 Å². The molecule has 0 radical (unpaired) electrons. The number of carbonyl (C=O) groups is 3. The molecule has 0 bridgehead atoms. The van der Waals surface area contributed by atoms with E-state index in [0.717, 1.165) is 64.2 Å². The van der Waals surface area contributed by atoms with Crippen molar-refractivity contribution >= 4 is 17.9 Å². The monoisotopic (exact) mass is 582 g/mol. The third-order valence-corrected chi connectivity index (χ3v) is 7.56. The van der Waals surface area contributed by atoms with Gasteiger partial charge in [0.15, 0.2) is 0 Å². The number of rotatable bonds is 25. The van der Waals surface area contributed by atoms with Crippen molar-refractivity contribution in [2.75, 3.05) is 13.2 Å². The maximum absolute atomic E-state index is 11.9. The number of carbonyl (C=O) groups excluding carboxylic acids is 3. The predicted molar refractivity (Wildman–Crippen MR) is 172 cm³/mol. The van der Waals surface area contributed by atoms with Crippen molar-refractivity contribution < 1.29 is 19.1 Å². The van der Waals surface area contributed by atoms with E-state index >= 15 is 0 Å². The Morgan fingerprint density at radius 2 is 1.24 bits per heavy atom. The van der Waals surface area contributed by atoms with Gasteiger partial charge in [-0.1, -0.05) is 115 Å². The minimum absolute atomic E-state index is 0.115. The maximum atomic E-state index is 11.9. The summed E-state index contributed by atoms with van der Waals surface area (Å²) in [6, 6.07) is -0.384. The first kappa shape index (κ1) is 37.3. The van der Waals surface area contributed by atoms with Crippen LogP contribution in [0.1, 0.15) is 161 Å². The number of unbranched alkanes of at least 4 members (excludes halogenated alkanes) is 19. The van der Waals surface area contributed by atoms with E-state index in [4.69, 9.17) is 4.74 Å². The largest absolute Gasteiger partial charge is 0.466 e. The predicted octanol–water partition coefficient (Wildman–Crippen LogP) is 8.98. The summed E-state index contributed by atoms with van der Waals surface area (Å²) in [7, 11) is 0. The smallest absolute Gasteiger partial charge is 0.328 e. The van der Waals surface area contributed by atoms with Crippen LogP contribution in [-0.4, -0.2) is 36.0 Å². The molecule has 0 aromatic carbocycles. The summed E-state index contributed by atoms with van der Waals surface area (Å²) in [5, 5.41) is 2.59. The van der Waals surface area contributed by atoms with Crippen molar-refractivity contribution in [3.05, 3.63) is 12.3 Å². The number of hydrogen-bond donors (Lipinski definition) is 1. The summed E-state index contributed by atoms with van der Waals surface area (Å²) in [6.07, 6.45) is 26.0. The number of esters is 1. The van der Waals surface area contributed by atoms with Crippen molar-refractivity contribution in [1.29, 1.82) is 0 Å². The van der Waals surface area contributed by atoms with Gasteiger partial charge in [-0.3, -0.25) is 14.5 Å². The molecular formula is C36H58N2O4. The highest BCUT2D eigenvalue weighted by atomic mass is 16.5. The zero-order valence-electron chi connectivity index (χ0n) is 26.7. The lowest BCUT2D eigenvalue weighted by atomic mass is 10.1. The van der Waals surface area contributed by atoms with E-state index in [9.17, 15) is 14.4 Å². The summed E-state index contributed by atoms with van der Waals surface area (Å²) < 4.78 is 5.33. The molecule has 0 spiro atoms. The van der Waals surface area contributed by atoms with Gasteiger partial charge in [-0.05, 0) is 50.4 Å². The first-order chi connectivity index (χ1) is 20.5. The second-order valence-corrected chi connectivity index (χ2v) is 11.5. The molecule has 42 heavy (non-hydrogen) atoms. The van der Waals surface area contributed by atoms with Crippen LogP contribution in [0.5, 0.6) is 0 Å². The molecule has 0 aromatic rings. The van der Waals surface area contributed by atoms with Crippen LogP contribution in [0.2, 0.25) is 0 Å².